The van der Waals surface area contributed by atoms with Crippen molar-refractivity contribution in [2.24, 2.45) is 0 Å². The van der Waals surface area contributed by atoms with Gasteiger partial charge < -0.3 is 21.3 Å². The van der Waals surface area contributed by atoms with Crippen LogP contribution < -0.4 is 21.3 Å². The molecule has 1 aliphatic rings. The van der Waals surface area contributed by atoms with Gasteiger partial charge in [0.1, 0.15) is 0 Å². The maximum Gasteiger partial charge on any atom is 0.418 e. The van der Waals surface area contributed by atoms with Crippen molar-refractivity contribution in [3.63, 3.8) is 0 Å². The van der Waals surface area contributed by atoms with E-state index in [4.69, 9.17) is 5.73 Å². The zero-order valence-electron chi connectivity index (χ0n) is 20.1. The summed E-state index contributed by atoms with van der Waals surface area (Å²) in [6, 6.07) is 14.7. The lowest BCUT2D eigenvalue weighted by molar-refractivity contribution is -0.137. The van der Waals surface area contributed by atoms with Gasteiger partial charge in [-0.1, -0.05) is 23.8 Å². The summed E-state index contributed by atoms with van der Waals surface area (Å²) < 4.78 is 41.9. The van der Waals surface area contributed by atoms with Crippen LogP contribution in [0.25, 0.3) is 22.0 Å². The Labute approximate surface area is 211 Å². The summed E-state index contributed by atoms with van der Waals surface area (Å²) in [5.74, 6) is -0.344. The van der Waals surface area contributed by atoms with Crippen LogP contribution in [0.1, 0.15) is 21.5 Å². The third-order valence-corrected chi connectivity index (χ3v) is 6.35. The van der Waals surface area contributed by atoms with E-state index in [2.05, 4.69) is 20.6 Å². The van der Waals surface area contributed by atoms with Crippen LogP contribution in [0, 0.1) is 6.92 Å². The van der Waals surface area contributed by atoms with Gasteiger partial charge in [0.25, 0.3) is 5.91 Å². The number of benzene rings is 3. The second-order valence-electron chi connectivity index (χ2n) is 8.97. The molecule has 0 spiro atoms. The number of nitrogen functional groups attached to an aromatic ring is 1. The highest BCUT2D eigenvalue weighted by Crippen LogP contribution is 2.39. The molecule has 0 atom stereocenters. The molecule has 0 bridgehead atoms. The van der Waals surface area contributed by atoms with Gasteiger partial charge in [0, 0.05) is 54.7 Å². The van der Waals surface area contributed by atoms with Crippen LogP contribution in [-0.4, -0.2) is 42.1 Å². The first kappa shape index (κ1) is 24.5. The van der Waals surface area contributed by atoms with E-state index < -0.39 is 17.6 Å². The first-order chi connectivity index (χ1) is 17.7. The number of aryl methyl sites for hydroxylation is 1. The van der Waals surface area contributed by atoms with Crippen molar-refractivity contribution in [1.29, 1.82) is 0 Å². The number of carbonyl (C=O) groups excluding carboxylic acids is 1. The number of anilines is 3. The summed E-state index contributed by atoms with van der Waals surface area (Å²) in [6.07, 6.45) is -2.96. The van der Waals surface area contributed by atoms with Crippen LogP contribution in [0.2, 0.25) is 0 Å². The lowest BCUT2D eigenvalue weighted by Crippen LogP contribution is -2.44. The lowest BCUT2D eigenvalue weighted by atomic mass is 9.96. The topological polar surface area (TPSA) is 96.2 Å². The maximum absolute atomic E-state index is 14.0. The molecule has 190 valence electrons. The van der Waals surface area contributed by atoms with Gasteiger partial charge in [-0.15, -0.1) is 0 Å². The fraction of sp³-hybridized carbons (Fsp3) is 0.222. The number of amides is 1. The molecular weight excluding hydrogens is 481 g/mol. The molecule has 1 saturated heterocycles. The third kappa shape index (κ3) is 5.19. The Hall–Kier alpha value is -4.18. The van der Waals surface area contributed by atoms with Crippen molar-refractivity contribution >= 4 is 34.1 Å². The number of nitrogens with two attached hydrogens (primary N) is 1. The highest BCUT2D eigenvalue weighted by molar-refractivity contribution is 6.09. The van der Waals surface area contributed by atoms with Gasteiger partial charge in [-0.2, -0.15) is 13.2 Å². The van der Waals surface area contributed by atoms with E-state index in [9.17, 15) is 18.0 Å². The van der Waals surface area contributed by atoms with E-state index in [1.54, 1.807) is 29.3 Å². The number of piperazine rings is 1. The second-order valence-corrected chi connectivity index (χ2v) is 8.97. The number of nitrogens with one attached hydrogen (secondary N) is 2. The highest BCUT2D eigenvalue weighted by atomic mass is 19.4. The van der Waals surface area contributed by atoms with E-state index in [-0.39, 0.29) is 17.3 Å². The van der Waals surface area contributed by atoms with Gasteiger partial charge in [-0.25, -0.2) is 9.97 Å². The first-order valence-electron chi connectivity index (χ1n) is 11.8. The molecule has 0 radical (unpaired) electrons. The van der Waals surface area contributed by atoms with Gasteiger partial charge in [-0.3, -0.25) is 4.79 Å². The molecule has 4 N–H and O–H groups in total. The summed E-state index contributed by atoms with van der Waals surface area (Å²) in [5.41, 5.74) is 8.41. The average Bonchev–Trinajstić information content (AvgIpc) is 2.88. The first-order valence-corrected chi connectivity index (χ1v) is 11.8. The Morgan fingerprint density at radius 1 is 1.05 bits per heavy atom. The fourth-order valence-electron chi connectivity index (χ4n) is 4.53. The Morgan fingerprint density at radius 3 is 2.59 bits per heavy atom. The number of alkyl halides is 3. The van der Waals surface area contributed by atoms with Gasteiger partial charge in [0.2, 0.25) is 5.95 Å². The second kappa shape index (κ2) is 9.70. The smallest absolute Gasteiger partial charge is 0.368 e. The van der Waals surface area contributed by atoms with Crippen LogP contribution in [-0.2, 0) is 6.18 Å². The standard InChI is InChI=1S/C27H25F3N6O/c1-16-2-5-20(21(12-16)17-3-6-23-18(13-17)15-33-26(31)35-23)25(37)34-19-4-7-24(22(14-19)27(28,29)30)36-10-8-32-9-11-36/h2-7,12-15,32H,8-11H2,1H3,(H,34,37)(H2,31,33,35). The van der Waals surface area contributed by atoms with Crippen molar-refractivity contribution in [2.75, 3.05) is 42.1 Å². The molecule has 5 rings (SSSR count). The van der Waals surface area contributed by atoms with E-state index in [1.165, 1.54) is 12.1 Å². The SMILES string of the molecule is Cc1ccc(C(=O)Nc2ccc(N3CCNCC3)c(C(F)(F)F)c2)c(-c2ccc3nc(N)ncc3c2)c1. The van der Waals surface area contributed by atoms with Crippen molar-refractivity contribution in [3.8, 4) is 11.1 Å². The van der Waals surface area contributed by atoms with Crippen LogP contribution >= 0.6 is 0 Å². The molecular formula is C27H25F3N6O. The molecule has 1 aliphatic heterocycles. The Balaban J connectivity index is 1.48. The molecule has 0 saturated carbocycles. The van der Waals surface area contributed by atoms with Crippen LogP contribution in [0.15, 0.2) is 60.8 Å². The Kier molecular flexibility index (Phi) is 6.43. The fourth-order valence-corrected chi connectivity index (χ4v) is 4.53. The molecule has 2 heterocycles. The molecule has 10 heteroatoms. The number of hydrogen-bond acceptors (Lipinski definition) is 6. The Morgan fingerprint density at radius 2 is 1.84 bits per heavy atom. The largest absolute Gasteiger partial charge is 0.418 e. The summed E-state index contributed by atoms with van der Waals surface area (Å²) in [5, 5.41) is 6.55. The average molecular weight is 507 g/mol. The minimum Gasteiger partial charge on any atom is -0.368 e. The summed E-state index contributed by atoms with van der Waals surface area (Å²) in [4.78, 5) is 23.3. The summed E-state index contributed by atoms with van der Waals surface area (Å²) in [6.45, 7) is 4.08. The van der Waals surface area contributed by atoms with Crippen molar-refractivity contribution in [2.45, 2.75) is 13.1 Å². The number of rotatable bonds is 4. The molecule has 37 heavy (non-hydrogen) atoms. The Bertz CT molecular complexity index is 1480. The van der Waals surface area contributed by atoms with Crippen molar-refractivity contribution in [1.82, 2.24) is 15.3 Å². The van der Waals surface area contributed by atoms with Crippen LogP contribution in [0.5, 0.6) is 0 Å². The van der Waals surface area contributed by atoms with Crippen LogP contribution in [0.4, 0.5) is 30.5 Å². The number of aromatic nitrogens is 2. The number of fused-ring (bicyclic) bond motifs is 1. The molecule has 0 aliphatic carbocycles. The van der Waals surface area contributed by atoms with E-state index in [0.29, 0.717) is 42.8 Å². The molecule has 7 nitrogen and oxygen atoms in total. The zero-order valence-corrected chi connectivity index (χ0v) is 20.1. The van der Waals surface area contributed by atoms with E-state index in [1.807, 2.05) is 25.1 Å². The minimum absolute atomic E-state index is 0.0742. The van der Waals surface area contributed by atoms with Crippen molar-refractivity contribution in [3.05, 3.63) is 77.5 Å². The van der Waals surface area contributed by atoms with Gasteiger partial charge in [0.15, 0.2) is 0 Å². The minimum atomic E-state index is -4.56. The molecule has 1 fully saturated rings. The van der Waals surface area contributed by atoms with E-state index >= 15 is 0 Å². The van der Waals surface area contributed by atoms with Crippen LogP contribution in [0.3, 0.4) is 0 Å². The summed E-state index contributed by atoms with van der Waals surface area (Å²) >= 11 is 0. The highest BCUT2D eigenvalue weighted by Gasteiger charge is 2.35. The number of hydrogen-bond donors (Lipinski definition) is 3. The normalized spacial score (nSPS) is 14.1. The predicted octanol–water partition coefficient (Wildman–Crippen LogP) is 4.87. The zero-order chi connectivity index (χ0) is 26.2. The van der Waals surface area contributed by atoms with Crippen molar-refractivity contribution < 1.29 is 18.0 Å². The van der Waals surface area contributed by atoms with E-state index in [0.717, 1.165) is 22.6 Å². The number of nitrogens with zero attached hydrogens (tertiary/aromatic N) is 3. The molecule has 4 aromatic rings. The lowest BCUT2D eigenvalue weighted by Gasteiger charge is -2.31. The molecule has 1 aromatic heterocycles. The molecule has 3 aromatic carbocycles. The van der Waals surface area contributed by atoms with Gasteiger partial charge >= 0.3 is 6.18 Å². The maximum atomic E-state index is 14.0. The third-order valence-electron chi connectivity index (χ3n) is 6.35. The molecule has 0 unspecified atom stereocenters. The summed E-state index contributed by atoms with van der Waals surface area (Å²) in [7, 11) is 0. The monoisotopic (exact) mass is 506 g/mol. The number of halogens is 3. The molecule has 1 amide bonds. The van der Waals surface area contributed by atoms with Gasteiger partial charge in [0.05, 0.1) is 11.1 Å². The predicted molar refractivity (Wildman–Crippen MR) is 139 cm³/mol. The number of carbonyl (C=O) groups is 1. The quantitative estimate of drug-likeness (QED) is 0.366. The van der Waals surface area contributed by atoms with Gasteiger partial charge in [-0.05, 0) is 54.4 Å².